The lowest BCUT2D eigenvalue weighted by Crippen LogP contribution is -2.40. The van der Waals surface area contributed by atoms with Crippen molar-refractivity contribution in [1.29, 1.82) is 0 Å². The number of hydrogen-bond acceptors (Lipinski definition) is 3. The largest absolute Gasteiger partial charge is 0.376 e. The van der Waals surface area contributed by atoms with E-state index in [-0.39, 0.29) is 5.60 Å². The van der Waals surface area contributed by atoms with Crippen molar-refractivity contribution in [2.24, 2.45) is 0 Å². The van der Waals surface area contributed by atoms with Crippen LogP contribution in [0.1, 0.15) is 46.5 Å². The smallest absolute Gasteiger partial charge is 0.0808 e. The summed E-state index contributed by atoms with van der Waals surface area (Å²) in [6.07, 6.45) is 5.13. The third kappa shape index (κ3) is 5.83. The Morgan fingerprint density at radius 3 is 2.81 bits per heavy atom. The second-order valence-corrected chi connectivity index (χ2v) is 5.24. The van der Waals surface area contributed by atoms with E-state index in [1.54, 1.807) is 0 Å². The molecular formula is C13H27NO2. The van der Waals surface area contributed by atoms with Crippen molar-refractivity contribution >= 4 is 0 Å². The maximum Gasteiger partial charge on any atom is 0.0808 e. The van der Waals surface area contributed by atoms with Crippen molar-refractivity contribution in [3.63, 3.8) is 0 Å². The van der Waals surface area contributed by atoms with Gasteiger partial charge in [-0.2, -0.15) is 0 Å². The summed E-state index contributed by atoms with van der Waals surface area (Å²) in [7, 11) is 0. The van der Waals surface area contributed by atoms with E-state index in [9.17, 15) is 0 Å². The summed E-state index contributed by atoms with van der Waals surface area (Å²) in [6, 6.07) is 0. The molecule has 0 spiro atoms. The normalized spacial score (nSPS) is 22.3. The molecule has 1 aliphatic rings. The van der Waals surface area contributed by atoms with Gasteiger partial charge in [-0.15, -0.1) is 0 Å². The second-order valence-electron chi connectivity index (χ2n) is 5.24. The fraction of sp³-hybridized carbons (Fsp3) is 1.00. The molecule has 1 N–H and O–H groups in total. The van der Waals surface area contributed by atoms with E-state index >= 15 is 0 Å². The molecule has 1 aliphatic heterocycles. The van der Waals surface area contributed by atoms with Gasteiger partial charge in [-0.3, -0.25) is 0 Å². The van der Waals surface area contributed by atoms with Gasteiger partial charge < -0.3 is 14.8 Å². The molecule has 0 bridgehead atoms. The monoisotopic (exact) mass is 229 g/mol. The molecule has 1 heterocycles. The van der Waals surface area contributed by atoms with Gasteiger partial charge in [-0.1, -0.05) is 6.92 Å². The zero-order valence-corrected chi connectivity index (χ0v) is 11.1. The van der Waals surface area contributed by atoms with Crippen molar-refractivity contribution in [2.75, 3.05) is 26.3 Å². The van der Waals surface area contributed by atoms with Gasteiger partial charge in [-0.25, -0.2) is 0 Å². The predicted molar refractivity (Wildman–Crippen MR) is 66.8 cm³/mol. The third-order valence-corrected chi connectivity index (χ3v) is 2.91. The van der Waals surface area contributed by atoms with Crippen LogP contribution < -0.4 is 5.32 Å². The summed E-state index contributed by atoms with van der Waals surface area (Å²) < 4.78 is 11.6. The van der Waals surface area contributed by atoms with E-state index in [1.165, 1.54) is 19.3 Å². The Balaban J connectivity index is 2.13. The van der Waals surface area contributed by atoms with E-state index < -0.39 is 0 Å². The molecule has 1 rings (SSSR count). The Hall–Kier alpha value is -0.120. The topological polar surface area (TPSA) is 30.5 Å². The quantitative estimate of drug-likeness (QED) is 0.680. The van der Waals surface area contributed by atoms with Crippen molar-refractivity contribution in [3.05, 3.63) is 0 Å². The molecule has 1 unspecified atom stereocenters. The Labute approximate surface area is 99.9 Å². The average Bonchev–Trinajstić information content (AvgIpc) is 2.28. The van der Waals surface area contributed by atoms with Gasteiger partial charge in [0, 0.05) is 13.2 Å². The number of nitrogens with one attached hydrogen (secondary N) is 1. The highest BCUT2D eigenvalue weighted by atomic mass is 16.5. The second kappa shape index (κ2) is 7.25. The highest BCUT2D eigenvalue weighted by Gasteiger charge is 2.21. The Morgan fingerprint density at radius 2 is 2.19 bits per heavy atom. The molecule has 96 valence electrons. The Kier molecular flexibility index (Phi) is 6.32. The van der Waals surface area contributed by atoms with Crippen LogP contribution in [0.25, 0.3) is 0 Å². The zero-order valence-electron chi connectivity index (χ0n) is 11.1. The van der Waals surface area contributed by atoms with Gasteiger partial charge >= 0.3 is 0 Å². The average molecular weight is 229 g/mol. The standard InChI is InChI=1S/C13H27NO2/c1-4-8-14-11-13(2,3)16-10-12-7-5-6-9-15-12/h12,14H,4-11H2,1-3H3. The summed E-state index contributed by atoms with van der Waals surface area (Å²) in [6.45, 7) is 10.1. The maximum absolute atomic E-state index is 5.93. The molecule has 0 aromatic rings. The van der Waals surface area contributed by atoms with Gasteiger partial charge in [0.25, 0.3) is 0 Å². The molecule has 1 saturated heterocycles. The van der Waals surface area contributed by atoms with Gasteiger partial charge in [0.1, 0.15) is 0 Å². The highest BCUT2D eigenvalue weighted by molar-refractivity contribution is 4.73. The maximum atomic E-state index is 5.93. The minimum Gasteiger partial charge on any atom is -0.376 e. The molecule has 0 saturated carbocycles. The van der Waals surface area contributed by atoms with Crippen molar-refractivity contribution in [2.45, 2.75) is 58.2 Å². The van der Waals surface area contributed by atoms with Crippen LogP contribution in [0.2, 0.25) is 0 Å². The van der Waals surface area contributed by atoms with Gasteiger partial charge in [-0.05, 0) is 46.1 Å². The first-order chi connectivity index (χ1) is 7.64. The van der Waals surface area contributed by atoms with Crippen LogP contribution in [0.3, 0.4) is 0 Å². The molecule has 0 amide bonds. The summed E-state index contributed by atoms with van der Waals surface area (Å²) in [5.41, 5.74) is -0.0873. The minimum absolute atomic E-state index is 0.0873. The van der Waals surface area contributed by atoms with E-state index in [1.807, 2.05) is 0 Å². The van der Waals surface area contributed by atoms with Crippen LogP contribution in [-0.4, -0.2) is 38.0 Å². The van der Waals surface area contributed by atoms with E-state index in [2.05, 4.69) is 26.1 Å². The van der Waals surface area contributed by atoms with Crippen LogP contribution in [0, 0.1) is 0 Å². The Morgan fingerprint density at radius 1 is 1.38 bits per heavy atom. The summed E-state index contributed by atoms with van der Waals surface area (Å²) in [4.78, 5) is 0. The van der Waals surface area contributed by atoms with Crippen LogP contribution in [0.15, 0.2) is 0 Å². The fourth-order valence-corrected chi connectivity index (χ4v) is 1.87. The summed E-state index contributed by atoms with van der Waals surface area (Å²) in [5, 5.41) is 3.40. The SMILES string of the molecule is CCCNCC(C)(C)OCC1CCCCO1. The fourth-order valence-electron chi connectivity index (χ4n) is 1.87. The van der Waals surface area contributed by atoms with Crippen LogP contribution in [-0.2, 0) is 9.47 Å². The summed E-state index contributed by atoms with van der Waals surface area (Å²) in [5.74, 6) is 0. The van der Waals surface area contributed by atoms with Gasteiger partial charge in [0.2, 0.25) is 0 Å². The van der Waals surface area contributed by atoms with Gasteiger partial charge in [0.05, 0.1) is 18.3 Å². The van der Waals surface area contributed by atoms with E-state index in [4.69, 9.17) is 9.47 Å². The lowest BCUT2D eigenvalue weighted by atomic mass is 10.1. The first-order valence-corrected chi connectivity index (χ1v) is 6.60. The molecule has 3 heteroatoms. The molecule has 0 aliphatic carbocycles. The third-order valence-electron chi connectivity index (χ3n) is 2.91. The molecule has 0 aromatic carbocycles. The van der Waals surface area contributed by atoms with Gasteiger partial charge in [0.15, 0.2) is 0 Å². The molecule has 0 aromatic heterocycles. The predicted octanol–water partition coefficient (Wildman–Crippen LogP) is 2.35. The molecule has 1 atom stereocenters. The van der Waals surface area contributed by atoms with Crippen LogP contribution >= 0.6 is 0 Å². The first kappa shape index (κ1) is 13.9. The zero-order chi connectivity index (χ0) is 11.9. The summed E-state index contributed by atoms with van der Waals surface area (Å²) >= 11 is 0. The highest BCUT2D eigenvalue weighted by Crippen LogP contribution is 2.16. The lowest BCUT2D eigenvalue weighted by Gasteiger charge is -2.30. The van der Waals surface area contributed by atoms with Crippen LogP contribution in [0.5, 0.6) is 0 Å². The number of ether oxygens (including phenoxy) is 2. The molecular weight excluding hydrogens is 202 g/mol. The van der Waals surface area contributed by atoms with E-state index in [0.717, 1.165) is 32.7 Å². The first-order valence-electron chi connectivity index (χ1n) is 6.60. The molecule has 3 nitrogen and oxygen atoms in total. The molecule has 16 heavy (non-hydrogen) atoms. The molecule has 0 radical (unpaired) electrons. The Bertz CT molecular complexity index is 177. The molecule has 1 fully saturated rings. The van der Waals surface area contributed by atoms with E-state index in [0.29, 0.717) is 6.10 Å². The van der Waals surface area contributed by atoms with Crippen LogP contribution in [0.4, 0.5) is 0 Å². The number of hydrogen-bond donors (Lipinski definition) is 1. The lowest BCUT2D eigenvalue weighted by molar-refractivity contribution is -0.0918. The number of rotatable bonds is 7. The minimum atomic E-state index is -0.0873. The van der Waals surface area contributed by atoms with Crippen molar-refractivity contribution in [3.8, 4) is 0 Å². The van der Waals surface area contributed by atoms with Crippen molar-refractivity contribution < 1.29 is 9.47 Å². The van der Waals surface area contributed by atoms with Crippen molar-refractivity contribution in [1.82, 2.24) is 5.32 Å².